The quantitative estimate of drug-likeness (QED) is 0.797. The molecule has 1 aromatic rings. The molecule has 0 spiro atoms. The minimum absolute atomic E-state index is 0.0411. The van der Waals surface area contributed by atoms with Crippen LogP contribution in [0.5, 0.6) is 0 Å². The van der Waals surface area contributed by atoms with Gasteiger partial charge in [0.1, 0.15) is 0 Å². The Morgan fingerprint density at radius 1 is 1.43 bits per heavy atom. The summed E-state index contributed by atoms with van der Waals surface area (Å²) in [6.07, 6.45) is 1.31. The van der Waals surface area contributed by atoms with Gasteiger partial charge in [0.2, 0.25) is 0 Å². The third-order valence-electron chi connectivity index (χ3n) is 2.83. The fraction of sp³-hybridized carbons (Fsp3) is 0.500. The van der Waals surface area contributed by atoms with Crippen molar-refractivity contribution in [2.24, 2.45) is 0 Å². The van der Waals surface area contributed by atoms with Gasteiger partial charge in [0.25, 0.3) is 0 Å². The molecule has 0 aliphatic carbocycles. The SMILES string of the molecule is COCCN(C(=O)Nc1ccc(CC(=O)O)nc1)C(C)C. The van der Waals surface area contributed by atoms with Gasteiger partial charge in [0.05, 0.1) is 30.6 Å². The molecule has 0 atom stereocenters. The van der Waals surface area contributed by atoms with E-state index in [0.29, 0.717) is 24.5 Å². The van der Waals surface area contributed by atoms with Gasteiger partial charge in [-0.3, -0.25) is 9.78 Å². The number of carboxylic acids is 1. The van der Waals surface area contributed by atoms with Crippen LogP contribution in [-0.2, 0) is 16.0 Å². The fourth-order valence-electron chi connectivity index (χ4n) is 1.74. The maximum absolute atomic E-state index is 12.2. The Hall–Kier alpha value is -2.15. The molecule has 0 fully saturated rings. The van der Waals surface area contributed by atoms with E-state index in [0.717, 1.165) is 0 Å². The van der Waals surface area contributed by atoms with Crippen LogP contribution in [0.15, 0.2) is 18.3 Å². The van der Waals surface area contributed by atoms with E-state index in [9.17, 15) is 9.59 Å². The largest absolute Gasteiger partial charge is 0.481 e. The van der Waals surface area contributed by atoms with Crippen molar-refractivity contribution in [2.45, 2.75) is 26.3 Å². The minimum Gasteiger partial charge on any atom is -0.481 e. The van der Waals surface area contributed by atoms with Gasteiger partial charge < -0.3 is 20.1 Å². The lowest BCUT2D eigenvalue weighted by Gasteiger charge is -2.26. The zero-order valence-electron chi connectivity index (χ0n) is 12.5. The van der Waals surface area contributed by atoms with Crippen molar-refractivity contribution in [3.63, 3.8) is 0 Å². The highest BCUT2D eigenvalue weighted by Crippen LogP contribution is 2.09. The number of anilines is 1. The summed E-state index contributed by atoms with van der Waals surface area (Å²) in [4.78, 5) is 28.4. The Bertz CT molecular complexity index is 474. The van der Waals surface area contributed by atoms with Crippen LogP contribution in [-0.4, -0.2) is 53.3 Å². The molecule has 7 nitrogen and oxygen atoms in total. The third kappa shape index (κ3) is 5.78. The summed E-state index contributed by atoms with van der Waals surface area (Å²) in [6.45, 7) is 4.79. The van der Waals surface area contributed by atoms with Gasteiger partial charge in [-0.1, -0.05) is 0 Å². The minimum atomic E-state index is -0.940. The average Bonchev–Trinajstić information content (AvgIpc) is 2.40. The molecule has 1 heterocycles. The zero-order chi connectivity index (χ0) is 15.8. The molecule has 0 aliphatic rings. The van der Waals surface area contributed by atoms with E-state index in [1.165, 1.54) is 6.20 Å². The van der Waals surface area contributed by atoms with E-state index < -0.39 is 5.97 Å². The Labute approximate surface area is 123 Å². The summed E-state index contributed by atoms with van der Waals surface area (Å²) in [5, 5.41) is 11.4. The number of nitrogens with zero attached hydrogens (tertiary/aromatic N) is 2. The number of carboxylic acid groups (broad SMARTS) is 1. The van der Waals surface area contributed by atoms with Gasteiger partial charge in [-0.05, 0) is 26.0 Å². The lowest BCUT2D eigenvalue weighted by Crippen LogP contribution is -2.42. The van der Waals surface area contributed by atoms with E-state index in [1.54, 1.807) is 24.1 Å². The number of ether oxygens (including phenoxy) is 1. The van der Waals surface area contributed by atoms with Gasteiger partial charge in [0, 0.05) is 19.7 Å². The first-order valence-corrected chi connectivity index (χ1v) is 6.67. The predicted octanol–water partition coefficient (Wildman–Crippen LogP) is 1.60. The molecule has 0 radical (unpaired) electrons. The summed E-state index contributed by atoms with van der Waals surface area (Å²) < 4.78 is 4.99. The number of aliphatic carboxylic acids is 1. The highest BCUT2D eigenvalue weighted by molar-refractivity contribution is 5.89. The number of carbonyl (C=O) groups excluding carboxylic acids is 1. The lowest BCUT2D eigenvalue weighted by atomic mass is 10.2. The van der Waals surface area contributed by atoms with E-state index in [4.69, 9.17) is 9.84 Å². The monoisotopic (exact) mass is 295 g/mol. The maximum atomic E-state index is 12.2. The highest BCUT2D eigenvalue weighted by atomic mass is 16.5. The number of methoxy groups -OCH3 is 1. The second-order valence-electron chi connectivity index (χ2n) is 4.82. The Kier molecular flexibility index (Phi) is 6.61. The van der Waals surface area contributed by atoms with Crippen LogP contribution in [0.3, 0.4) is 0 Å². The second-order valence-corrected chi connectivity index (χ2v) is 4.82. The first kappa shape index (κ1) is 16.9. The topological polar surface area (TPSA) is 91.8 Å². The predicted molar refractivity (Wildman–Crippen MR) is 78.3 cm³/mol. The van der Waals surface area contributed by atoms with Crippen molar-refractivity contribution in [3.8, 4) is 0 Å². The second kappa shape index (κ2) is 8.21. The molecule has 2 amide bonds. The van der Waals surface area contributed by atoms with Crippen molar-refractivity contribution in [3.05, 3.63) is 24.0 Å². The van der Waals surface area contributed by atoms with E-state index >= 15 is 0 Å². The van der Waals surface area contributed by atoms with Gasteiger partial charge in [-0.15, -0.1) is 0 Å². The summed E-state index contributed by atoms with van der Waals surface area (Å²) in [6, 6.07) is 3.02. The van der Waals surface area contributed by atoms with Crippen molar-refractivity contribution >= 4 is 17.7 Å². The first-order chi connectivity index (χ1) is 9.93. The van der Waals surface area contributed by atoms with E-state index in [-0.39, 0.29) is 18.5 Å². The van der Waals surface area contributed by atoms with Crippen LogP contribution in [0, 0.1) is 0 Å². The summed E-state index contributed by atoms with van der Waals surface area (Å²) >= 11 is 0. The lowest BCUT2D eigenvalue weighted by molar-refractivity contribution is -0.136. The number of hydrogen-bond acceptors (Lipinski definition) is 4. The zero-order valence-corrected chi connectivity index (χ0v) is 12.5. The van der Waals surface area contributed by atoms with Crippen molar-refractivity contribution < 1.29 is 19.4 Å². The van der Waals surface area contributed by atoms with Gasteiger partial charge in [-0.2, -0.15) is 0 Å². The third-order valence-corrected chi connectivity index (χ3v) is 2.83. The molecule has 0 aliphatic heterocycles. The fourth-order valence-corrected chi connectivity index (χ4v) is 1.74. The molecule has 7 heteroatoms. The van der Waals surface area contributed by atoms with Crippen LogP contribution >= 0.6 is 0 Å². The van der Waals surface area contributed by atoms with Crippen molar-refractivity contribution in [1.82, 2.24) is 9.88 Å². The highest BCUT2D eigenvalue weighted by Gasteiger charge is 2.16. The van der Waals surface area contributed by atoms with Gasteiger partial charge in [-0.25, -0.2) is 4.79 Å². The molecule has 2 N–H and O–H groups in total. The molecular formula is C14H21N3O4. The summed E-state index contributed by atoms with van der Waals surface area (Å²) in [5.74, 6) is -0.940. The number of amides is 2. The first-order valence-electron chi connectivity index (χ1n) is 6.67. The molecular weight excluding hydrogens is 274 g/mol. The molecule has 0 aromatic carbocycles. The Morgan fingerprint density at radius 2 is 2.14 bits per heavy atom. The average molecular weight is 295 g/mol. The van der Waals surface area contributed by atoms with Crippen molar-refractivity contribution in [2.75, 3.05) is 25.6 Å². The number of hydrogen-bond donors (Lipinski definition) is 2. The van der Waals surface area contributed by atoms with Crippen LogP contribution in [0.2, 0.25) is 0 Å². The smallest absolute Gasteiger partial charge is 0.322 e. The maximum Gasteiger partial charge on any atom is 0.322 e. The molecule has 1 rings (SSSR count). The Balaban J connectivity index is 2.65. The number of urea groups is 1. The van der Waals surface area contributed by atoms with Gasteiger partial charge in [0.15, 0.2) is 0 Å². The van der Waals surface area contributed by atoms with Crippen LogP contribution in [0.1, 0.15) is 19.5 Å². The molecule has 0 bridgehead atoms. The standard InChI is InChI=1S/C14H21N3O4/c1-10(2)17(6-7-21-3)14(20)16-12-5-4-11(15-9-12)8-13(18)19/h4-5,9-10H,6-8H2,1-3H3,(H,16,20)(H,18,19). The number of rotatable bonds is 7. The number of pyridine rings is 1. The molecule has 1 aromatic heterocycles. The number of nitrogens with one attached hydrogen (secondary N) is 1. The van der Waals surface area contributed by atoms with Crippen LogP contribution in [0.25, 0.3) is 0 Å². The molecule has 0 saturated carbocycles. The van der Waals surface area contributed by atoms with Crippen molar-refractivity contribution in [1.29, 1.82) is 0 Å². The number of carbonyl (C=O) groups is 2. The number of aromatic nitrogens is 1. The Morgan fingerprint density at radius 3 is 2.62 bits per heavy atom. The van der Waals surface area contributed by atoms with Gasteiger partial charge >= 0.3 is 12.0 Å². The molecule has 116 valence electrons. The van der Waals surface area contributed by atoms with Crippen LogP contribution in [0.4, 0.5) is 10.5 Å². The van der Waals surface area contributed by atoms with Crippen LogP contribution < -0.4 is 5.32 Å². The normalized spacial score (nSPS) is 10.5. The summed E-state index contributed by atoms with van der Waals surface area (Å²) in [7, 11) is 1.58. The van der Waals surface area contributed by atoms with E-state index in [1.807, 2.05) is 13.8 Å². The molecule has 0 saturated heterocycles. The van der Waals surface area contributed by atoms with E-state index in [2.05, 4.69) is 10.3 Å². The molecule has 21 heavy (non-hydrogen) atoms. The molecule has 0 unspecified atom stereocenters. The summed E-state index contributed by atoms with van der Waals surface area (Å²) in [5.41, 5.74) is 0.970.